The largest absolute Gasteiger partial charge is 0.481 e. The summed E-state index contributed by atoms with van der Waals surface area (Å²) in [5.41, 5.74) is 1.95. The number of carboxylic acid groups (broad SMARTS) is 1. The number of carboxylic acids is 1. The number of ether oxygens (including phenoxy) is 2. The van der Waals surface area contributed by atoms with E-state index in [1.54, 1.807) is 13.1 Å². The number of aromatic nitrogens is 1. The number of benzene rings is 1. The van der Waals surface area contributed by atoms with Crippen LogP contribution in [-0.4, -0.2) is 71.7 Å². The van der Waals surface area contributed by atoms with E-state index in [1.165, 1.54) is 11.3 Å². The number of nitrogens with zero attached hydrogens (tertiary/aromatic N) is 3. The van der Waals surface area contributed by atoms with Gasteiger partial charge in [0.25, 0.3) is 0 Å². The highest BCUT2D eigenvalue weighted by Crippen LogP contribution is 2.36. The van der Waals surface area contributed by atoms with E-state index in [2.05, 4.69) is 31.1 Å². The van der Waals surface area contributed by atoms with Crippen molar-refractivity contribution < 1.29 is 24.2 Å². The van der Waals surface area contributed by atoms with E-state index in [-0.39, 0.29) is 19.1 Å². The second-order valence-corrected chi connectivity index (χ2v) is 9.86. The highest BCUT2D eigenvalue weighted by molar-refractivity contribution is 9.10. The van der Waals surface area contributed by atoms with E-state index in [4.69, 9.17) is 14.5 Å². The third kappa shape index (κ3) is 6.16. The fraction of sp³-hybridized carbons (Fsp3) is 0.417. The number of amidine groups is 1. The quantitative estimate of drug-likeness (QED) is 0.447. The molecular weight excluding hydrogens is 536 g/mol. The van der Waals surface area contributed by atoms with Gasteiger partial charge in [-0.25, -0.2) is 9.78 Å². The van der Waals surface area contributed by atoms with Gasteiger partial charge in [-0.15, -0.1) is 11.3 Å². The molecule has 2 atom stereocenters. The van der Waals surface area contributed by atoms with Crippen molar-refractivity contribution in [3.63, 3.8) is 0 Å². The molecule has 1 saturated heterocycles. The maximum Gasteiger partial charge on any atom is 0.338 e. The smallest absolute Gasteiger partial charge is 0.338 e. The molecule has 1 fully saturated rings. The van der Waals surface area contributed by atoms with Gasteiger partial charge in [0.15, 0.2) is 10.8 Å². The Kier molecular flexibility index (Phi) is 8.66. The molecule has 2 N–H and O–H groups in total. The Morgan fingerprint density at radius 1 is 1.37 bits per heavy atom. The summed E-state index contributed by atoms with van der Waals surface area (Å²) in [4.78, 5) is 36.0. The van der Waals surface area contributed by atoms with Crippen molar-refractivity contribution in [2.45, 2.75) is 31.8 Å². The number of nitrogens with one attached hydrogen (secondary N) is 1. The van der Waals surface area contributed by atoms with Crippen LogP contribution in [0.25, 0.3) is 0 Å². The predicted molar refractivity (Wildman–Crippen MR) is 135 cm³/mol. The number of rotatable bonds is 9. The molecule has 35 heavy (non-hydrogen) atoms. The second kappa shape index (κ2) is 11.9. The molecule has 9 nitrogen and oxygen atoms in total. The highest BCUT2D eigenvalue weighted by atomic mass is 79.9. The van der Waals surface area contributed by atoms with Crippen LogP contribution in [-0.2, 0) is 19.1 Å². The number of hydrogen-bond acceptors (Lipinski definition) is 9. The summed E-state index contributed by atoms with van der Waals surface area (Å²) < 4.78 is 11.9. The Balaban J connectivity index is 1.76. The second-order valence-electron chi connectivity index (χ2n) is 8.11. The Morgan fingerprint density at radius 3 is 2.91 bits per heavy atom. The van der Waals surface area contributed by atoms with E-state index in [0.717, 1.165) is 10.0 Å². The van der Waals surface area contributed by atoms with Crippen molar-refractivity contribution in [3.8, 4) is 0 Å². The molecule has 1 aromatic carbocycles. The van der Waals surface area contributed by atoms with Crippen LogP contribution in [0.3, 0.4) is 0 Å². The topological polar surface area (TPSA) is 113 Å². The molecule has 2 aliphatic heterocycles. The third-order valence-corrected chi connectivity index (χ3v) is 7.36. The van der Waals surface area contributed by atoms with E-state index in [9.17, 15) is 14.7 Å². The van der Waals surface area contributed by atoms with Gasteiger partial charge >= 0.3 is 11.9 Å². The van der Waals surface area contributed by atoms with Gasteiger partial charge in [-0.3, -0.25) is 14.7 Å². The molecule has 0 unspecified atom stereocenters. The average molecular weight is 563 g/mol. The minimum Gasteiger partial charge on any atom is -0.481 e. The van der Waals surface area contributed by atoms with Crippen LogP contribution in [0.15, 0.2) is 56.6 Å². The van der Waals surface area contributed by atoms with Gasteiger partial charge in [-0.05, 0) is 25.0 Å². The zero-order valence-corrected chi connectivity index (χ0v) is 21.7. The number of morpholine rings is 1. The van der Waals surface area contributed by atoms with Crippen LogP contribution in [0, 0.1) is 0 Å². The summed E-state index contributed by atoms with van der Waals surface area (Å²) in [5, 5.41) is 15.1. The molecule has 0 radical (unpaired) electrons. The van der Waals surface area contributed by atoms with Crippen LogP contribution in [0.1, 0.15) is 36.4 Å². The average Bonchev–Trinajstić information content (AvgIpc) is 3.38. The fourth-order valence-corrected chi connectivity index (χ4v) is 5.29. The number of esters is 1. The number of hydrogen-bond donors (Lipinski definition) is 2. The number of halogens is 1. The van der Waals surface area contributed by atoms with Crippen LogP contribution in [0.2, 0.25) is 0 Å². The molecule has 4 rings (SSSR count). The summed E-state index contributed by atoms with van der Waals surface area (Å²) in [5.74, 6) is -0.697. The summed E-state index contributed by atoms with van der Waals surface area (Å²) in [6, 6.07) is 7.00. The molecule has 2 aromatic rings. The van der Waals surface area contributed by atoms with Crippen LogP contribution in [0.5, 0.6) is 0 Å². The molecule has 0 saturated carbocycles. The SMILES string of the molecule is CCOC(=O)C1=C(CN2CCOC[C@H]2CCC(=O)O)NC(c2nccs2)=N[C@H]1c1ccccc1Br. The summed E-state index contributed by atoms with van der Waals surface area (Å²) >= 11 is 5.08. The van der Waals surface area contributed by atoms with Crippen molar-refractivity contribution in [2.75, 3.05) is 32.9 Å². The maximum absolute atomic E-state index is 13.3. The summed E-state index contributed by atoms with van der Waals surface area (Å²) in [6.45, 7) is 4.00. The van der Waals surface area contributed by atoms with E-state index in [1.807, 2.05) is 29.6 Å². The molecule has 3 heterocycles. The minimum absolute atomic E-state index is 0.0488. The lowest BCUT2D eigenvalue weighted by Crippen LogP contribution is -2.49. The molecule has 1 aromatic heterocycles. The zero-order valence-electron chi connectivity index (χ0n) is 19.3. The van der Waals surface area contributed by atoms with Crippen molar-refractivity contribution in [2.24, 2.45) is 4.99 Å². The lowest BCUT2D eigenvalue weighted by atomic mass is 9.95. The first-order chi connectivity index (χ1) is 17.0. The van der Waals surface area contributed by atoms with Crippen molar-refractivity contribution in [3.05, 3.63) is 62.2 Å². The highest BCUT2D eigenvalue weighted by Gasteiger charge is 2.35. The predicted octanol–water partition coefficient (Wildman–Crippen LogP) is 3.38. The normalized spacial score (nSPS) is 20.8. The molecule has 0 aliphatic carbocycles. The molecule has 2 aliphatic rings. The van der Waals surface area contributed by atoms with Crippen molar-refractivity contribution >= 4 is 45.0 Å². The van der Waals surface area contributed by atoms with Gasteiger partial charge in [0.05, 0.1) is 25.4 Å². The van der Waals surface area contributed by atoms with E-state index in [0.29, 0.717) is 54.8 Å². The van der Waals surface area contributed by atoms with Crippen molar-refractivity contribution in [1.29, 1.82) is 0 Å². The number of carbonyl (C=O) groups excluding carboxylic acids is 1. The van der Waals surface area contributed by atoms with Crippen LogP contribution < -0.4 is 5.32 Å². The lowest BCUT2D eigenvalue weighted by Gasteiger charge is -2.37. The lowest BCUT2D eigenvalue weighted by molar-refractivity contribution is -0.139. The number of aliphatic carboxylic acids is 1. The van der Waals surface area contributed by atoms with Gasteiger partial charge in [-0.2, -0.15) is 0 Å². The Bertz CT molecular complexity index is 1120. The van der Waals surface area contributed by atoms with E-state index < -0.39 is 18.0 Å². The zero-order chi connectivity index (χ0) is 24.8. The van der Waals surface area contributed by atoms with Crippen molar-refractivity contribution in [1.82, 2.24) is 15.2 Å². The maximum atomic E-state index is 13.3. The Morgan fingerprint density at radius 2 is 2.20 bits per heavy atom. The van der Waals surface area contributed by atoms with E-state index >= 15 is 0 Å². The first kappa shape index (κ1) is 25.5. The van der Waals surface area contributed by atoms with Gasteiger partial charge in [0, 0.05) is 47.3 Å². The number of thiazole rings is 1. The minimum atomic E-state index is -0.843. The number of carbonyl (C=O) groups is 2. The standard InChI is InChI=1S/C24H27BrN4O5S/c1-2-34-24(32)20-18(13-29-10-11-33-14-15(29)7-8-19(30)31)27-22(23-26-9-12-35-23)28-21(20)16-5-3-4-6-17(16)25/h3-6,9,12,15,21H,2,7-8,10-11,13-14H2,1H3,(H,27,28)(H,30,31)/t15-,21+/m1/s1. The third-order valence-electron chi connectivity index (χ3n) is 5.86. The molecule has 0 spiro atoms. The first-order valence-corrected chi connectivity index (χ1v) is 13.1. The first-order valence-electron chi connectivity index (χ1n) is 11.4. The van der Waals surface area contributed by atoms with Crippen LogP contribution >= 0.6 is 27.3 Å². The Hall–Kier alpha value is -2.60. The monoisotopic (exact) mass is 562 g/mol. The molecule has 186 valence electrons. The van der Waals surface area contributed by atoms with Gasteiger partial charge < -0.3 is 19.9 Å². The van der Waals surface area contributed by atoms with Crippen LogP contribution in [0.4, 0.5) is 0 Å². The molecular formula is C24H27BrN4O5S. The fourth-order valence-electron chi connectivity index (χ4n) is 4.20. The number of aliphatic imine (C=N–C) groups is 1. The summed E-state index contributed by atoms with van der Waals surface area (Å²) in [7, 11) is 0. The van der Waals surface area contributed by atoms with Gasteiger partial charge in [0.2, 0.25) is 0 Å². The summed E-state index contributed by atoms with van der Waals surface area (Å²) in [6.07, 6.45) is 2.22. The molecule has 0 bridgehead atoms. The Labute approximate surface area is 216 Å². The van der Waals surface area contributed by atoms with Gasteiger partial charge in [-0.1, -0.05) is 34.1 Å². The molecule has 0 amide bonds. The van der Waals surface area contributed by atoms with Gasteiger partial charge in [0.1, 0.15) is 6.04 Å². The molecule has 11 heteroatoms.